The molecule has 208 valence electrons. The van der Waals surface area contributed by atoms with Gasteiger partial charge in [0.25, 0.3) is 0 Å². The highest BCUT2D eigenvalue weighted by molar-refractivity contribution is 6.31. The van der Waals surface area contributed by atoms with Gasteiger partial charge in [-0.25, -0.2) is 0 Å². The number of carbonyl (C=O) groups excluding carboxylic acids is 2. The second kappa shape index (κ2) is 12.2. The first-order valence-corrected chi connectivity index (χ1v) is 12.4. The van der Waals surface area contributed by atoms with E-state index < -0.39 is 30.0 Å². The van der Waals surface area contributed by atoms with E-state index in [2.05, 4.69) is 20.6 Å². The number of nitrogens with zero attached hydrogens (tertiary/aromatic N) is 2. The summed E-state index contributed by atoms with van der Waals surface area (Å²) in [5, 5.41) is 6.04. The maximum atomic E-state index is 12.9. The number of aromatic nitrogens is 2. The Hall–Kier alpha value is -4.38. The minimum Gasteiger partial charge on any atom is -0.493 e. The number of amides is 2. The molecule has 0 spiro atoms. The summed E-state index contributed by atoms with van der Waals surface area (Å²) in [6, 6.07) is 11.2. The Labute approximate surface area is 232 Å². The van der Waals surface area contributed by atoms with Gasteiger partial charge in [0, 0.05) is 23.3 Å². The van der Waals surface area contributed by atoms with Crippen molar-refractivity contribution in [3.8, 4) is 11.5 Å². The second-order valence-corrected chi connectivity index (χ2v) is 9.11. The summed E-state index contributed by atoms with van der Waals surface area (Å²) < 4.78 is 49.4. The van der Waals surface area contributed by atoms with Gasteiger partial charge in [0.05, 0.1) is 47.9 Å². The molecule has 0 saturated heterocycles. The van der Waals surface area contributed by atoms with E-state index in [0.717, 1.165) is 28.6 Å². The number of nitrogens with one attached hydrogen (secondary N) is 2. The number of methoxy groups -OCH3 is 2. The molecule has 2 N–H and O–H groups in total. The monoisotopic (exact) mass is 572 g/mol. The van der Waals surface area contributed by atoms with Gasteiger partial charge in [-0.15, -0.1) is 0 Å². The van der Waals surface area contributed by atoms with Crippen LogP contribution in [0.15, 0.2) is 60.9 Å². The van der Waals surface area contributed by atoms with Crippen LogP contribution in [-0.4, -0.2) is 36.0 Å². The molecular formula is C28H24ClF3N4O4. The van der Waals surface area contributed by atoms with Crippen LogP contribution in [0.4, 0.5) is 24.5 Å². The lowest BCUT2D eigenvalue weighted by atomic mass is 10.0. The number of hydrogen-bond acceptors (Lipinski definition) is 6. The number of carbonyl (C=O) groups is 2. The number of alkyl halides is 3. The lowest BCUT2D eigenvalue weighted by Crippen LogP contribution is -2.21. The fourth-order valence-electron chi connectivity index (χ4n) is 4.05. The molecular weight excluding hydrogens is 549 g/mol. The molecule has 8 nitrogen and oxygen atoms in total. The van der Waals surface area contributed by atoms with E-state index in [-0.39, 0.29) is 11.4 Å². The van der Waals surface area contributed by atoms with Crippen molar-refractivity contribution in [2.75, 3.05) is 24.9 Å². The molecule has 0 saturated carbocycles. The van der Waals surface area contributed by atoms with Gasteiger partial charge in [0.2, 0.25) is 11.8 Å². The molecule has 2 aromatic carbocycles. The smallest absolute Gasteiger partial charge is 0.416 e. The molecule has 0 bridgehead atoms. The van der Waals surface area contributed by atoms with Gasteiger partial charge in [-0.3, -0.25) is 19.6 Å². The van der Waals surface area contributed by atoms with Crippen molar-refractivity contribution >= 4 is 45.7 Å². The molecule has 4 aromatic rings. The molecule has 0 aliphatic rings. The summed E-state index contributed by atoms with van der Waals surface area (Å²) >= 11 is 6.42. The van der Waals surface area contributed by atoms with Gasteiger partial charge < -0.3 is 20.1 Å². The van der Waals surface area contributed by atoms with E-state index in [4.69, 9.17) is 21.1 Å². The average Bonchev–Trinajstić information content (AvgIpc) is 2.91. The van der Waals surface area contributed by atoms with Crippen LogP contribution in [0.25, 0.3) is 10.9 Å². The molecule has 4 rings (SSSR count). The summed E-state index contributed by atoms with van der Waals surface area (Å²) in [6.45, 7) is 0. The van der Waals surface area contributed by atoms with Crippen LogP contribution >= 0.6 is 11.6 Å². The zero-order chi connectivity index (χ0) is 28.9. The molecule has 0 aliphatic heterocycles. The Kier molecular flexibility index (Phi) is 8.73. The summed E-state index contributed by atoms with van der Waals surface area (Å²) in [5.41, 5.74) is 1.66. The van der Waals surface area contributed by atoms with Gasteiger partial charge in [0.1, 0.15) is 6.42 Å². The predicted molar refractivity (Wildman–Crippen MR) is 145 cm³/mol. The minimum atomic E-state index is -4.55. The standard InChI is InChI=1S/C28H24ClF3N4O4/c1-39-24-12-20-16(8-9-33-23(20)13-25(24)40-2)6-7-22-21(29)11-19(15-34-22)36-27(38)14-26(37)35-18-5-3-4-17(10-18)28(30,31)32/h3-5,8-13,15H,6-7,14H2,1-2H3,(H,35,37)(H,36,38). The minimum absolute atomic E-state index is 0.0683. The number of pyridine rings is 2. The second-order valence-electron chi connectivity index (χ2n) is 8.70. The SMILES string of the molecule is COc1cc2nccc(CCc3ncc(NC(=O)CC(=O)Nc4cccc(C(F)(F)F)c4)cc3Cl)c2cc1OC. The average molecular weight is 573 g/mol. The van der Waals surface area contributed by atoms with E-state index in [9.17, 15) is 22.8 Å². The normalized spacial score (nSPS) is 11.2. The van der Waals surface area contributed by atoms with Gasteiger partial charge >= 0.3 is 6.18 Å². The number of anilines is 2. The van der Waals surface area contributed by atoms with Crippen molar-refractivity contribution in [1.82, 2.24) is 9.97 Å². The topological polar surface area (TPSA) is 102 Å². The van der Waals surface area contributed by atoms with Crippen molar-refractivity contribution in [3.05, 3.63) is 82.8 Å². The van der Waals surface area contributed by atoms with Gasteiger partial charge in [-0.1, -0.05) is 17.7 Å². The first kappa shape index (κ1) is 28.6. The summed E-state index contributed by atoms with van der Waals surface area (Å²) in [7, 11) is 3.12. The first-order chi connectivity index (χ1) is 19.1. The number of rotatable bonds is 9. The highest BCUT2D eigenvalue weighted by Crippen LogP contribution is 2.33. The summed E-state index contributed by atoms with van der Waals surface area (Å²) in [4.78, 5) is 33.2. The van der Waals surface area contributed by atoms with Gasteiger partial charge in [-0.2, -0.15) is 13.2 Å². The summed E-state index contributed by atoms with van der Waals surface area (Å²) in [5.74, 6) is -0.284. The molecule has 2 heterocycles. The number of halogens is 4. The van der Waals surface area contributed by atoms with E-state index in [1.807, 2.05) is 12.1 Å². The molecule has 0 radical (unpaired) electrons. The van der Waals surface area contributed by atoms with E-state index in [0.29, 0.717) is 35.1 Å². The Bertz CT molecular complexity index is 1560. The Morgan fingerprint density at radius 3 is 2.27 bits per heavy atom. The lowest BCUT2D eigenvalue weighted by molar-refractivity contribution is -0.137. The van der Waals surface area contributed by atoms with Crippen molar-refractivity contribution in [3.63, 3.8) is 0 Å². The number of hydrogen-bond donors (Lipinski definition) is 2. The van der Waals surface area contributed by atoms with Crippen LogP contribution in [0.5, 0.6) is 11.5 Å². The van der Waals surface area contributed by atoms with E-state index in [1.165, 1.54) is 24.4 Å². The fraction of sp³-hybridized carbons (Fsp3) is 0.214. The Balaban J connectivity index is 1.37. The third kappa shape index (κ3) is 6.97. The number of ether oxygens (including phenoxy) is 2. The molecule has 0 fully saturated rings. The van der Waals surface area contributed by atoms with Crippen LogP contribution in [0.3, 0.4) is 0 Å². The highest BCUT2D eigenvalue weighted by atomic mass is 35.5. The molecule has 0 unspecified atom stereocenters. The predicted octanol–water partition coefficient (Wildman–Crippen LogP) is 6.07. The maximum Gasteiger partial charge on any atom is 0.416 e. The lowest BCUT2D eigenvalue weighted by Gasteiger charge is -2.12. The maximum absolute atomic E-state index is 12.9. The van der Waals surface area contributed by atoms with Crippen molar-refractivity contribution in [2.45, 2.75) is 25.4 Å². The Morgan fingerprint density at radius 2 is 1.60 bits per heavy atom. The molecule has 0 aliphatic carbocycles. The number of fused-ring (bicyclic) bond motifs is 1. The van der Waals surface area contributed by atoms with E-state index >= 15 is 0 Å². The zero-order valence-corrected chi connectivity index (χ0v) is 22.2. The molecule has 0 atom stereocenters. The van der Waals surface area contributed by atoms with Crippen molar-refractivity contribution in [1.29, 1.82) is 0 Å². The van der Waals surface area contributed by atoms with Crippen molar-refractivity contribution < 1.29 is 32.2 Å². The quantitative estimate of drug-likeness (QED) is 0.236. The molecule has 40 heavy (non-hydrogen) atoms. The highest BCUT2D eigenvalue weighted by Gasteiger charge is 2.30. The molecule has 12 heteroatoms. The number of aryl methyl sites for hydroxylation is 2. The third-order valence-corrected chi connectivity index (χ3v) is 6.29. The first-order valence-electron chi connectivity index (χ1n) is 12.0. The van der Waals surface area contributed by atoms with Gasteiger partial charge in [-0.05, 0) is 54.8 Å². The van der Waals surface area contributed by atoms with Crippen LogP contribution in [0, 0.1) is 0 Å². The summed E-state index contributed by atoms with van der Waals surface area (Å²) in [6.07, 6.45) is -0.936. The number of benzene rings is 2. The van der Waals surface area contributed by atoms with Crippen LogP contribution in [0.1, 0.15) is 23.2 Å². The molecule has 2 aromatic heterocycles. The van der Waals surface area contributed by atoms with Crippen LogP contribution < -0.4 is 20.1 Å². The van der Waals surface area contributed by atoms with Crippen LogP contribution in [-0.2, 0) is 28.6 Å². The van der Waals surface area contributed by atoms with Crippen molar-refractivity contribution in [2.24, 2.45) is 0 Å². The van der Waals surface area contributed by atoms with Gasteiger partial charge in [0.15, 0.2) is 11.5 Å². The third-order valence-electron chi connectivity index (χ3n) is 5.96. The fourth-order valence-corrected chi connectivity index (χ4v) is 4.31. The van der Waals surface area contributed by atoms with E-state index in [1.54, 1.807) is 26.5 Å². The zero-order valence-electron chi connectivity index (χ0n) is 21.4. The van der Waals surface area contributed by atoms with Crippen LogP contribution in [0.2, 0.25) is 5.02 Å². The Morgan fingerprint density at radius 1 is 0.900 bits per heavy atom. The molecule has 2 amide bonds. The largest absolute Gasteiger partial charge is 0.493 e.